The summed E-state index contributed by atoms with van der Waals surface area (Å²) in [6.45, 7) is 0. The van der Waals surface area contributed by atoms with E-state index in [0.717, 1.165) is 23.1 Å². The monoisotopic (exact) mass is 424 g/mol. The number of esters is 1. The van der Waals surface area contributed by atoms with Gasteiger partial charge in [-0.15, -0.1) is 0 Å². The average Bonchev–Trinajstić information content (AvgIpc) is 2.80. The second-order valence-electron chi connectivity index (χ2n) is 8.49. The maximum Gasteiger partial charge on any atom is 0.315 e. The van der Waals surface area contributed by atoms with E-state index in [0.29, 0.717) is 5.76 Å². The summed E-state index contributed by atoms with van der Waals surface area (Å²) >= 11 is 0. The van der Waals surface area contributed by atoms with Gasteiger partial charge in [-0.05, 0) is 23.6 Å². The van der Waals surface area contributed by atoms with E-state index in [2.05, 4.69) is 6.08 Å². The molecule has 1 fully saturated rings. The van der Waals surface area contributed by atoms with Crippen LogP contribution < -0.4 is 0 Å². The lowest BCUT2D eigenvalue weighted by atomic mass is 9.52. The molecular weight excluding hydrogens is 400 g/mol. The highest BCUT2D eigenvalue weighted by Crippen LogP contribution is 2.58. The van der Waals surface area contributed by atoms with E-state index in [1.54, 1.807) is 0 Å². The van der Waals surface area contributed by atoms with Gasteiger partial charge in [-0.2, -0.15) is 0 Å². The Morgan fingerprint density at radius 2 is 1.44 bits per heavy atom. The Bertz CT molecular complexity index is 1090. The van der Waals surface area contributed by atoms with Crippen molar-refractivity contribution in [3.05, 3.63) is 120 Å². The molecule has 4 nitrogen and oxygen atoms in total. The van der Waals surface area contributed by atoms with Crippen molar-refractivity contribution in [1.82, 2.24) is 0 Å². The minimum absolute atomic E-state index is 0.204. The van der Waals surface area contributed by atoms with Crippen molar-refractivity contribution < 1.29 is 19.4 Å². The molecule has 0 radical (unpaired) electrons. The molecule has 160 valence electrons. The summed E-state index contributed by atoms with van der Waals surface area (Å²) in [5, 5.41) is 10.1. The maximum absolute atomic E-state index is 13.6. The average molecular weight is 424 g/mol. The molecule has 0 aromatic heterocycles. The Hall–Kier alpha value is -3.66. The molecular formula is C28H24O4. The van der Waals surface area contributed by atoms with Gasteiger partial charge in [-0.3, -0.25) is 9.59 Å². The fraction of sp³-hybridized carbons (Fsp3) is 0.214. The zero-order valence-electron chi connectivity index (χ0n) is 17.5. The summed E-state index contributed by atoms with van der Waals surface area (Å²) in [5.41, 5.74) is 2.69. The fourth-order valence-electron chi connectivity index (χ4n) is 5.27. The Labute approximate surface area is 187 Å². The number of allylic oxidation sites excluding steroid dienone is 7. The van der Waals surface area contributed by atoms with E-state index < -0.39 is 29.6 Å². The second-order valence-corrected chi connectivity index (χ2v) is 8.49. The van der Waals surface area contributed by atoms with Crippen LogP contribution in [0.5, 0.6) is 0 Å². The van der Waals surface area contributed by atoms with Crippen LogP contribution in [-0.4, -0.2) is 17.0 Å². The lowest BCUT2D eigenvalue weighted by Crippen LogP contribution is -2.51. The van der Waals surface area contributed by atoms with Crippen LogP contribution in [0.4, 0.5) is 0 Å². The Morgan fingerprint density at radius 1 is 0.812 bits per heavy atom. The number of fused-ring (bicyclic) bond motifs is 1. The highest BCUT2D eigenvalue weighted by molar-refractivity contribution is 5.85. The molecule has 3 atom stereocenters. The number of benzene rings is 2. The van der Waals surface area contributed by atoms with Crippen LogP contribution in [-0.2, 0) is 14.3 Å². The van der Waals surface area contributed by atoms with Crippen LogP contribution in [0, 0.1) is 17.8 Å². The molecule has 0 spiro atoms. The van der Waals surface area contributed by atoms with Crippen LogP contribution in [0.3, 0.4) is 0 Å². The van der Waals surface area contributed by atoms with Gasteiger partial charge in [0, 0.05) is 23.3 Å². The van der Waals surface area contributed by atoms with Gasteiger partial charge in [0.05, 0.1) is 11.8 Å². The van der Waals surface area contributed by atoms with Crippen LogP contribution in [0.25, 0.3) is 0 Å². The van der Waals surface area contributed by atoms with Crippen LogP contribution in [0.2, 0.25) is 0 Å². The minimum Gasteiger partial charge on any atom is -0.481 e. The SMILES string of the molecule is O=C(O)C1[C@@H](c2ccccc2)C(C(=O)OC2=C3C=CC=CC3CC=C2)[C@@H]1c1ccccc1. The van der Waals surface area contributed by atoms with Crippen molar-refractivity contribution in [3.63, 3.8) is 0 Å². The molecule has 1 unspecified atom stereocenters. The van der Waals surface area contributed by atoms with Crippen molar-refractivity contribution in [3.8, 4) is 0 Å². The molecule has 1 saturated carbocycles. The lowest BCUT2D eigenvalue weighted by molar-refractivity contribution is -0.161. The van der Waals surface area contributed by atoms with Crippen LogP contribution >= 0.6 is 0 Å². The predicted octanol–water partition coefficient (Wildman–Crippen LogP) is 5.38. The number of carboxylic acids is 1. The zero-order valence-corrected chi connectivity index (χ0v) is 17.5. The van der Waals surface area contributed by atoms with E-state index in [4.69, 9.17) is 4.74 Å². The molecule has 0 aliphatic heterocycles. The van der Waals surface area contributed by atoms with Gasteiger partial charge in [0.15, 0.2) is 0 Å². The van der Waals surface area contributed by atoms with E-state index in [-0.39, 0.29) is 11.9 Å². The summed E-state index contributed by atoms with van der Waals surface area (Å²) in [4.78, 5) is 25.9. The molecule has 2 aromatic rings. The standard InChI is InChI=1S/C28H24O4/c29-27(30)25-23(19-11-3-1-4-12-19)26(24(25)20-13-5-2-6-14-20)28(31)32-22-17-9-15-18-10-7-8-16-21(18)22/h1-14,16-18,23-26H,15H2,(H,29,30)/t18?,23-,24-,25?,26?/m1/s1. The van der Waals surface area contributed by atoms with E-state index >= 15 is 0 Å². The van der Waals surface area contributed by atoms with Crippen LogP contribution in [0.1, 0.15) is 29.4 Å². The Morgan fingerprint density at radius 3 is 2.03 bits per heavy atom. The summed E-state index contributed by atoms with van der Waals surface area (Å²) in [7, 11) is 0. The van der Waals surface area contributed by atoms with Gasteiger partial charge in [0.2, 0.25) is 0 Å². The summed E-state index contributed by atoms with van der Waals surface area (Å²) < 4.78 is 5.97. The molecule has 0 saturated heterocycles. The quantitative estimate of drug-likeness (QED) is 0.654. The van der Waals surface area contributed by atoms with Gasteiger partial charge in [0.25, 0.3) is 0 Å². The molecule has 3 aliphatic carbocycles. The Balaban J connectivity index is 1.52. The van der Waals surface area contributed by atoms with Gasteiger partial charge < -0.3 is 9.84 Å². The first-order valence-electron chi connectivity index (χ1n) is 10.9. The van der Waals surface area contributed by atoms with Gasteiger partial charge in [-0.1, -0.05) is 91.0 Å². The molecule has 4 heteroatoms. The third-order valence-corrected chi connectivity index (χ3v) is 6.76. The third kappa shape index (κ3) is 3.52. The van der Waals surface area contributed by atoms with Crippen molar-refractivity contribution in [2.24, 2.45) is 17.8 Å². The summed E-state index contributed by atoms with van der Waals surface area (Å²) in [6, 6.07) is 18.9. The molecule has 1 N–H and O–H groups in total. The van der Waals surface area contributed by atoms with Crippen molar-refractivity contribution in [1.29, 1.82) is 0 Å². The first-order valence-corrected chi connectivity index (χ1v) is 10.9. The molecule has 0 bridgehead atoms. The number of hydrogen-bond donors (Lipinski definition) is 1. The lowest BCUT2D eigenvalue weighted by Gasteiger charge is -2.49. The third-order valence-electron chi connectivity index (χ3n) is 6.76. The van der Waals surface area contributed by atoms with Crippen molar-refractivity contribution in [2.45, 2.75) is 18.3 Å². The van der Waals surface area contributed by atoms with Gasteiger partial charge in [0.1, 0.15) is 5.76 Å². The minimum atomic E-state index is -0.892. The zero-order chi connectivity index (χ0) is 22.1. The first-order chi connectivity index (χ1) is 15.6. The largest absolute Gasteiger partial charge is 0.481 e. The van der Waals surface area contributed by atoms with E-state index in [9.17, 15) is 14.7 Å². The fourth-order valence-corrected chi connectivity index (χ4v) is 5.27. The maximum atomic E-state index is 13.6. The Kier molecular flexibility index (Phi) is 5.36. The molecule has 0 amide bonds. The van der Waals surface area contributed by atoms with Crippen LogP contribution in [0.15, 0.2) is 108 Å². The van der Waals surface area contributed by atoms with Gasteiger partial charge in [-0.25, -0.2) is 0 Å². The number of carbonyl (C=O) groups is 2. The topological polar surface area (TPSA) is 63.6 Å². The van der Waals surface area contributed by atoms with E-state index in [1.807, 2.05) is 91.0 Å². The molecule has 3 aliphatic rings. The number of ether oxygens (including phenoxy) is 1. The number of rotatable bonds is 5. The van der Waals surface area contributed by atoms with Gasteiger partial charge >= 0.3 is 11.9 Å². The summed E-state index contributed by atoms with van der Waals surface area (Å²) in [6.07, 6.45) is 12.8. The molecule has 32 heavy (non-hydrogen) atoms. The first kappa shape index (κ1) is 20.3. The molecule has 5 rings (SSSR count). The normalized spacial score (nSPS) is 28.1. The summed E-state index contributed by atoms with van der Waals surface area (Å²) in [5.74, 6) is -2.66. The number of carboxylic acid groups (broad SMARTS) is 1. The number of hydrogen-bond acceptors (Lipinski definition) is 3. The molecule has 2 aromatic carbocycles. The smallest absolute Gasteiger partial charge is 0.315 e. The predicted molar refractivity (Wildman–Crippen MR) is 122 cm³/mol. The highest BCUT2D eigenvalue weighted by atomic mass is 16.5. The van der Waals surface area contributed by atoms with E-state index in [1.165, 1.54) is 0 Å². The van der Waals surface area contributed by atoms with Crippen molar-refractivity contribution >= 4 is 11.9 Å². The molecule has 0 heterocycles. The number of carbonyl (C=O) groups excluding carboxylic acids is 1. The highest BCUT2D eigenvalue weighted by Gasteiger charge is 2.59. The van der Waals surface area contributed by atoms with Crippen molar-refractivity contribution in [2.75, 3.05) is 0 Å². The number of aliphatic carboxylic acids is 1. The second kappa shape index (κ2) is 8.46.